The van der Waals surface area contributed by atoms with Crippen molar-refractivity contribution >= 4 is 17.7 Å². The normalized spacial score (nSPS) is 13.8. The third-order valence-corrected chi connectivity index (χ3v) is 3.55. The van der Waals surface area contributed by atoms with Crippen molar-refractivity contribution in [3.63, 3.8) is 0 Å². The number of rotatable bonds is 9. The van der Waals surface area contributed by atoms with E-state index in [1.54, 1.807) is 13.8 Å². The molecule has 16 heavy (non-hydrogen) atoms. The fraction of sp³-hybridized carbons (Fsp3) is 0.909. The third kappa shape index (κ3) is 7.09. The number of aliphatic hydroxyl groups excluding tert-OH is 1. The number of carboxylic acids is 1. The van der Waals surface area contributed by atoms with Crippen LogP contribution in [0.15, 0.2) is 0 Å². The second kappa shape index (κ2) is 7.92. The molecule has 1 unspecified atom stereocenters. The molecule has 0 aromatic rings. The van der Waals surface area contributed by atoms with Gasteiger partial charge in [0.05, 0.1) is 12.7 Å². The van der Waals surface area contributed by atoms with Crippen LogP contribution in [0.3, 0.4) is 0 Å². The summed E-state index contributed by atoms with van der Waals surface area (Å²) in [6.07, 6.45) is 1.46. The van der Waals surface area contributed by atoms with Gasteiger partial charge in [0.1, 0.15) is 4.75 Å². The molecule has 5 heteroatoms. The first-order chi connectivity index (χ1) is 7.40. The predicted molar refractivity (Wildman–Crippen MR) is 65.9 cm³/mol. The molecule has 0 spiro atoms. The molecule has 0 aromatic carbocycles. The maximum atomic E-state index is 10.8. The standard InChI is InChI=1S/C11H22O4S/c1-4-5-6-15-7-9(12)8-16-11(2,3)10(13)14/h9,12H,4-8H2,1-3H3,(H,13,14). The zero-order valence-electron chi connectivity index (χ0n) is 10.2. The van der Waals surface area contributed by atoms with Gasteiger partial charge < -0.3 is 14.9 Å². The van der Waals surface area contributed by atoms with Gasteiger partial charge in [-0.05, 0) is 20.3 Å². The second-order valence-electron chi connectivity index (χ2n) is 4.21. The van der Waals surface area contributed by atoms with Crippen LogP contribution in [-0.2, 0) is 9.53 Å². The van der Waals surface area contributed by atoms with Crippen LogP contribution in [0.1, 0.15) is 33.6 Å². The lowest BCUT2D eigenvalue weighted by atomic mass is 10.2. The molecule has 0 aliphatic heterocycles. The van der Waals surface area contributed by atoms with Crippen LogP contribution in [0.5, 0.6) is 0 Å². The predicted octanol–water partition coefficient (Wildman–Crippen LogP) is 1.76. The van der Waals surface area contributed by atoms with E-state index >= 15 is 0 Å². The Balaban J connectivity index is 3.64. The molecule has 0 heterocycles. The van der Waals surface area contributed by atoms with Gasteiger partial charge in [-0.15, -0.1) is 11.8 Å². The minimum absolute atomic E-state index is 0.280. The monoisotopic (exact) mass is 250 g/mol. The fourth-order valence-corrected chi connectivity index (χ4v) is 1.71. The van der Waals surface area contributed by atoms with Gasteiger partial charge in [0.15, 0.2) is 0 Å². The average Bonchev–Trinajstić information content (AvgIpc) is 2.21. The zero-order chi connectivity index (χ0) is 12.6. The summed E-state index contributed by atoms with van der Waals surface area (Å²) in [6.45, 7) is 6.27. The van der Waals surface area contributed by atoms with E-state index in [-0.39, 0.29) is 6.61 Å². The number of carbonyl (C=O) groups is 1. The van der Waals surface area contributed by atoms with Crippen molar-refractivity contribution in [1.82, 2.24) is 0 Å². The van der Waals surface area contributed by atoms with Gasteiger partial charge in [-0.1, -0.05) is 13.3 Å². The van der Waals surface area contributed by atoms with Crippen molar-refractivity contribution in [1.29, 1.82) is 0 Å². The summed E-state index contributed by atoms with van der Waals surface area (Å²) >= 11 is 1.23. The van der Waals surface area contributed by atoms with Crippen molar-refractivity contribution in [3.05, 3.63) is 0 Å². The number of aliphatic hydroxyl groups is 1. The van der Waals surface area contributed by atoms with Gasteiger partial charge in [0.25, 0.3) is 0 Å². The number of hydrogen-bond acceptors (Lipinski definition) is 4. The maximum absolute atomic E-state index is 10.8. The molecule has 0 amide bonds. The topological polar surface area (TPSA) is 66.8 Å². The van der Waals surface area contributed by atoms with Gasteiger partial charge >= 0.3 is 5.97 Å². The zero-order valence-corrected chi connectivity index (χ0v) is 11.0. The Morgan fingerprint density at radius 1 is 1.50 bits per heavy atom. The van der Waals surface area contributed by atoms with E-state index in [1.807, 2.05) is 0 Å². The lowest BCUT2D eigenvalue weighted by molar-refractivity contribution is -0.138. The largest absolute Gasteiger partial charge is 0.480 e. The number of thioether (sulfide) groups is 1. The first-order valence-electron chi connectivity index (χ1n) is 5.53. The summed E-state index contributed by atoms with van der Waals surface area (Å²) < 4.78 is 4.39. The van der Waals surface area contributed by atoms with Gasteiger partial charge in [-0.3, -0.25) is 4.79 Å². The average molecular weight is 250 g/mol. The molecule has 0 aliphatic carbocycles. The minimum atomic E-state index is -0.864. The molecular weight excluding hydrogens is 228 g/mol. The van der Waals surface area contributed by atoms with Crippen molar-refractivity contribution in [2.45, 2.75) is 44.5 Å². The molecule has 0 saturated heterocycles. The molecule has 0 aromatic heterocycles. The summed E-state index contributed by atoms with van der Waals surface area (Å²) in [5.41, 5.74) is 0. The summed E-state index contributed by atoms with van der Waals surface area (Å²) in [7, 11) is 0. The highest BCUT2D eigenvalue weighted by atomic mass is 32.2. The lowest BCUT2D eigenvalue weighted by Gasteiger charge is -2.20. The molecule has 4 nitrogen and oxygen atoms in total. The Morgan fingerprint density at radius 3 is 2.62 bits per heavy atom. The van der Waals surface area contributed by atoms with E-state index in [9.17, 15) is 9.90 Å². The second-order valence-corrected chi connectivity index (χ2v) is 5.85. The summed E-state index contributed by atoms with van der Waals surface area (Å²) in [5.74, 6) is -0.484. The number of unbranched alkanes of at least 4 members (excludes halogenated alkanes) is 1. The van der Waals surface area contributed by atoms with Crippen molar-refractivity contribution in [3.8, 4) is 0 Å². The molecule has 1 atom stereocenters. The van der Waals surface area contributed by atoms with E-state index in [4.69, 9.17) is 9.84 Å². The van der Waals surface area contributed by atoms with E-state index in [2.05, 4.69) is 6.92 Å². The first-order valence-corrected chi connectivity index (χ1v) is 6.52. The molecule has 0 bridgehead atoms. The minimum Gasteiger partial charge on any atom is -0.480 e. The van der Waals surface area contributed by atoms with E-state index in [0.29, 0.717) is 12.4 Å². The quantitative estimate of drug-likeness (QED) is 0.610. The maximum Gasteiger partial charge on any atom is 0.319 e. The van der Waals surface area contributed by atoms with E-state index in [1.165, 1.54) is 11.8 Å². The molecule has 0 rings (SSSR count). The van der Waals surface area contributed by atoms with Crippen molar-refractivity contribution < 1.29 is 19.7 Å². The molecule has 0 radical (unpaired) electrons. The molecular formula is C11H22O4S. The fourth-order valence-electron chi connectivity index (χ4n) is 0.880. The van der Waals surface area contributed by atoms with Crippen LogP contribution in [0, 0.1) is 0 Å². The van der Waals surface area contributed by atoms with Gasteiger partial charge in [0, 0.05) is 12.4 Å². The lowest BCUT2D eigenvalue weighted by Crippen LogP contribution is -2.30. The van der Waals surface area contributed by atoms with E-state index in [0.717, 1.165) is 12.8 Å². The van der Waals surface area contributed by atoms with E-state index < -0.39 is 16.8 Å². The number of aliphatic carboxylic acids is 1. The summed E-state index contributed by atoms with van der Waals surface area (Å²) in [5, 5.41) is 18.4. The van der Waals surface area contributed by atoms with Crippen LogP contribution >= 0.6 is 11.8 Å². The van der Waals surface area contributed by atoms with Crippen LogP contribution < -0.4 is 0 Å². The van der Waals surface area contributed by atoms with Crippen LogP contribution in [-0.4, -0.2) is 46.0 Å². The van der Waals surface area contributed by atoms with Crippen molar-refractivity contribution in [2.24, 2.45) is 0 Å². The Morgan fingerprint density at radius 2 is 2.12 bits per heavy atom. The Kier molecular flexibility index (Phi) is 7.80. The molecule has 2 N–H and O–H groups in total. The smallest absolute Gasteiger partial charge is 0.319 e. The summed E-state index contributed by atoms with van der Waals surface area (Å²) in [6, 6.07) is 0. The highest BCUT2D eigenvalue weighted by Crippen LogP contribution is 2.25. The van der Waals surface area contributed by atoms with Gasteiger partial charge in [-0.25, -0.2) is 0 Å². The Bertz CT molecular complexity index is 206. The number of hydrogen-bond donors (Lipinski definition) is 2. The van der Waals surface area contributed by atoms with Crippen molar-refractivity contribution in [2.75, 3.05) is 19.0 Å². The van der Waals surface area contributed by atoms with Gasteiger partial charge in [-0.2, -0.15) is 0 Å². The number of carboxylic acid groups (broad SMARTS) is 1. The first kappa shape index (κ1) is 15.7. The van der Waals surface area contributed by atoms with Crippen LogP contribution in [0.25, 0.3) is 0 Å². The Labute approximate surface area is 101 Å². The molecule has 0 aliphatic rings. The molecule has 96 valence electrons. The van der Waals surface area contributed by atoms with Gasteiger partial charge in [0.2, 0.25) is 0 Å². The van der Waals surface area contributed by atoms with Crippen LogP contribution in [0.2, 0.25) is 0 Å². The highest BCUT2D eigenvalue weighted by Gasteiger charge is 2.28. The highest BCUT2D eigenvalue weighted by molar-refractivity contribution is 8.01. The molecule has 0 saturated carbocycles. The molecule has 0 fully saturated rings. The number of ether oxygens (including phenoxy) is 1. The van der Waals surface area contributed by atoms with Crippen LogP contribution in [0.4, 0.5) is 0 Å². The third-order valence-electron chi connectivity index (χ3n) is 2.10. The Hall–Kier alpha value is -0.260. The summed E-state index contributed by atoms with van der Waals surface area (Å²) in [4.78, 5) is 10.8. The SMILES string of the molecule is CCCCOCC(O)CSC(C)(C)C(=O)O.